The van der Waals surface area contributed by atoms with Crippen molar-refractivity contribution in [2.45, 2.75) is 25.4 Å². The van der Waals surface area contributed by atoms with Gasteiger partial charge in [0.1, 0.15) is 0 Å². The van der Waals surface area contributed by atoms with Crippen LogP contribution in [0.15, 0.2) is 24.3 Å². The van der Waals surface area contributed by atoms with Crippen LogP contribution in [-0.4, -0.2) is 17.6 Å². The van der Waals surface area contributed by atoms with Crippen molar-refractivity contribution in [1.82, 2.24) is 5.32 Å². The fourth-order valence-electron chi connectivity index (χ4n) is 2.24. The van der Waals surface area contributed by atoms with Crippen molar-refractivity contribution < 1.29 is 9.90 Å². The third-order valence-corrected chi connectivity index (χ3v) is 3.38. The van der Waals surface area contributed by atoms with Crippen molar-refractivity contribution in [3.8, 4) is 0 Å². The fraction of sp³-hybridized carbons (Fsp3) is 0.462. The van der Waals surface area contributed by atoms with Crippen LogP contribution in [0.5, 0.6) is 0 Å². The first-order valence-electron chi connectivity index (χ1n) is 5.96. The first kappa shape index (κ1) is 12.1. The number of piperidine rings is 1. The Bertz CT molecular complexity index is 381. The molecule has 17 heavy (non-hydrogen) atoms. The van der Waals surface area contributed by atoms with Gasteiger partial charge in [-0.15, -0.1) is 0 Å². The standard InChI is InChI=1S/C13H18N2O2/c14-7-9-1-3-10(4-2-9)12-6-5-11(8-15-12)13(16)17/h1-4,11-12,15H,5-8,14H2,(H,16,17). The lowest BCUT2D eigenvalue weighted by Gasteiger charge is -2.28. The normalized spacial score (nSPS) is 24.5. The molecule has 2 atom stereocenters. The molecule has 1 aromatic carbocycles. The van der Waals surface area contributed by atoms with Gasteiger partial charge in [0.05, 0.1) is 5.92 Å². The number of carboxylic acid groups (broad SMARTS) is 1. The van der Waals surface area contributed by atoms with Gasteiger partial charge >= 0.3 is 5.97 Å². The van der Waals surface area contributed by atoms with Crippen LogP contribution in [0.1, 0.15) is 30.0 Å². The molecule has 4 heteroatoms. The highest BCUT2D eigenvalue weighted by Gasteiger charge is 2.25. The number of carbonyl (C=O) groups is 1. The summed E-state index contributed by atoms with van der Waals surface area (Å²) in [6.07, 6.45) is 1.62. The summed E-state index contributed by atoms with van der Waals surface area (Å²) in [6, 6.07) is 8.47. The minimum absolute atomic E-state index is 0.241. The lowest BCUT2D eigenvalue weighted by molar-refractivity contribution is -0.142. The summed E-state index contributed by atoms with van der Waals surface area (Å²) in [5.74, 6) is -0.941. The molecular formula is C13H18N2O2. The highest BCUT2D eigenvalue weighted by atomic mass is 16.4. The molecule has 2 unspecified atom stereocenters. The summed E-state index contributed by atoms with van der Waals surface area (Å²) in [7, 11) is 0. The van der Waals surface area contributed by atoms with Gasteiger partial charge in [0.15, 0.2) is 0 Å². The average molecular weight is 234 g/mol. The van der Waals surface area contributed by atoms with E-state index in [-0.39, 0.29) is 12.0 Å². The van der Waals surface area contributed by atoms with Crippen LogP contribution in [0.2, 0.25) is 0 Å². The number of hydrogen-bond donors (Lipinski definition) is 3. The summed E-state index contributed by atoms with van der Waals surface area (Å²) in [5, 5.41) is 12.2. The number of hydrogen-bond acceptors (Lipinski definition) is 3. The van der Waals surface area contributed by atoms with Crippen LogP contribution in [0.25, 0.3) is 0 Å². The van der Waals surface area contributed by atoms with Gasteiger partial charge in [-0.2, -0.15) is 0 Å². The second-order valence-electron chi connectivity index (χ2n) is 4.52. The molecule has 0 amide bonds. The van der Waals surface area contributed by atoms with Gasteiger partial charge in [-0.3, -0.25) is 4.79 Å². The Morgan fingerprint density at radius 2 is 2.06 bits per heavy atom. The summed E-state index contributed by atoms with van der Waals surface area (Å²) in [5.41, 5.74) is 7.88. The third kappa shape index (κ3) is 2.84. The van der Waals surface area contributed by atoms with Crippen LogP contribution >= 0.6 is 0 Å². The Balaban J connectivity index is 1.97. The molecule has 0 spiro atoms. The molecule has 4 nitrogen and oxygen atoms in total. The van der Waals surface area contributed by atoms with E-state index in [1.807, 2.05) is 12.1 Å². The zero-order valence-corrected chi connectivity index (χ0v) is 9.73. The van der Waals surface area contributed by atoms with Gasteiger partial charge in [0, 0.05) is 19.1 Å². The molecule has 4 N–H and O–H groups in total. The molecular weight excluding hydrogens is 216 g/mol. The smallest absolute Gasteiger partial charge is 0.307 e. The summed E-state index contributed by atoms with van der Waals surface area (Å²) >= 11 is 0. The molecule has 0 saturated carbocycles. The molecule has 2 rings (SSSR count). The van der Waals surface area contributed by atoms with E-state index < -0.39 is 5.97 Å². The number of benzene rings is 1. The minimum atomic E-state index is -0.700. The van der Waals surface area contributed by atoms with Gasteiger partial charge in [-0.05, 0) is 24.0 Å². The molecule has 0 radical (unpaired) electrons. The highest BCUT2D eigenvalue weighted by molar-refractivity contribution is 5.70. The van der Waals surface area contributed by atoms with Crippen LogP contribution in [0.3, 0.4) is 0 Å². The Hall–Kier alpha value is -1.39. The average Bonchev–Trinajstić information content (AvgIpc) is 2.39. The zero-order chi connectivity index (χ0) is 12.3. The first-order chi connectivity index (χ1) is 8.20. The Morgan fingerprint density at radius 1 is 1.35 bits per heavy atom. The third-order valence-electron chi connectivity index (χ3n) is 3.38. The van der Waals surface area contributed by atoms with E-state index in [1.165, 1.54) is 5.56 Å². The van der Waals surface area contributed by atoms with Crippen LogP contribution in [0.4, 0.5) is 0 Å². The van der Waals surface area contributed by atoms with Crippen molar-refractivity contribution >= 4 is 5.97 Å². The van der Waals surface area contributed by atoms with E-state index in [9.17, 15) is 4.79 Å². The molecule has 1 aliphatic rings. The van der Waals surface area contributed by atoms with Crippen LogP contribution in [-0.2, 0) is 11.3 Å². The zero-order valence-electron chi connectivity index (χ0n) is 9.73. The van der Waals surface area contributed by atoms with Gasteiger partial charge in [0.25, 0.3) is 0 Å². The van der Waals surface area contributed by atoms with Gasteiger partial charge in [0.2, 0.25) is 0 Å². The molecule has 1 aromatic rings. The van der Waals surface area contributed by atoms with Gasteiger partial charge in [-0.25, -0.2) is 0 Å². The predicted octanol–water partition coefficient (Wildman–Crippen LogP) is 1.27. The van der Waals surface area contributed by atoms with Crippen molar-refractivity contribution in [2.75, 3.05) is 6.54 Å². The quantitative estimate of drug-likeness (QED) is 0.736. The minimum Gasteiger partial charge on any atom is -0.481 e. The largest absolute Gasteiger partial charge is 0.481 e. The molecule has 0 aromatic heterocycles. The molecule has 1 aliphatic heterocycles. The molecule has 1 fully saturated rings. The van der Waals surface area contributed by atoms with E-state index in [0.717, 1.165) is 18.4 Å². The maximum Gasteiger partial charge on any atom is 0.307 e. The van der Waals surface area contributed by atoms with E-state index >= 15 is 0 Å². The van der Waals surface area contributed by atoms with Crippen molar-refractivity contribution in [3.63, 3.8) is 0 Å². The van der Waals surface area contributed by atoms with E-state index in [2.05, 4.69) is 17.4 Å². The van der Waals surface area contributed by atoms with Crippen molar-refractivity contribution in [3.05, 3.63) is 35.4 Å². The van der Waals surface area contributed by atoms with E-state index in [1.54, 1.807) is 0 Å². The SMILES string of the molecule is NCc1ccc(C2CCC(C(=O)O)CN2)cc1. The lowest BCUT2D eigenvalue weighted by Crippen LogP contribution is -2.36. The maximum absolute atomic E-state index is 10.8. The summed E-state index contributed by atoms with van der Waals surface area (Å²) in [6.45, 7) is 1.11. The molecule has 0 bridgehead atoms. The van der Waals surface area contributed by atoms with Crippen molar-refractivity contribution in [2.24, 2.45) is 11.7 Å². The van der Waals surface area contributed by atoms with Crippen LogP contribution in [0, 0.1) is 5.92 Å². The van der Waals surface area contributed by atoms with E-state index in [4.69, 9.17) is 10.8 Å². The fourth-order valence-corrected chi connectivity index (χ4v) is 2.24. The second kappa shape index (κ2) is 5.29. The number of nitrogens with one attached hydrogen (secondary N) is 1. The topological polar surface area (TPSA) is 75.4 Å². The number of rotatable bonds is 3. The maximum atomic E-state index is 10.8. The Kier molecular flexibility index (Phi) is 3.76. The molecule has 1 saturated heterocycles. The lowest BCUT2D eigenvalue weighted by atomic mass is 9.91. The number of carboxylic acids is 1. The number of nitrogens with two attached hydrogens (primary N) is 1. The monoisotopic (exact) mass is 234 g/mol. The predicted molar refractivity (Wildman–Crippen MR) is 65.4 cm³/mol. The van der Waals surface area contributed by atoms with E-state index in [0.29, 0.717) is 13.1 Å². The summed E-state index contributed by atoms with van der Waals surface area (Å²) < 4.78 is 0. The molecule has 92 valence electrons. The first-order valence-corrected chi connectivity index (χ1v) is 5.96. The second-order valence-corrected chi connectivity index (χ2v) is 4.52. The summed E-state index contributed by atoms with van der Waals surface area (Å²) in [4.78, 5) is 10.8. The number of aliphatic carboxylic acids is 1. The van der Waals surface area contributed by atoms with Gasteiger partial charge in [-0.1, -0.05) is 24.3 Å². The Labute approximate surface area is 101 Å². The molecule has 0 aliphatic carbocycles. The Morgan fingerprint density at radius 3 is 2.53 bits per heavy atom. The van der Waals surface area contributed by atoms with Crippen molar-refractivity contribution in [1.29, 1.82) is 0 Å². The highest BCUT2D eigenvalue weighted by Crippen LogP contribution is 2.26. The van der Waals surface area contributed by atoms with Gasteiger partial charge < -0.3 is 16.2 Å². The molecule has 1 heterocycles. The van der Waals surface area contributed by atoms with Crippen LogP contribution < -0.4 is 11.1 Å².